The largest absolute Gasteiger partial charge is 0.466 e. The Balaban J connectivity index is 2.21. The van der Waals surface area contributed by atoms with Gasteiger partial charge in [-0.15, -0.1) is 0 Å². The summed E-state index contributed by atoms with van der Waals surface area (Å²) < 4.78 is 5.12. The number of allylic oxidation sites excluding steroid dienone is 1. The van der Waals surface area contributed by atoms with Crippen LogP contribution < -0.4 is 10.2 Å². The maximum atomic E-state index is 12.8. The van der Waals surface area contributed by atoms with Crippen molar-refractivity contribution < 1.29 is 9.53 Å². The fourth-order valence-corrected chi connectivity index (χ4v) is 3.72. The molecule has 0 saturated carbocycles. The lowest BCUT2D eigenvalue weighted by molar-refractivity contribution is -0.136. The Bertz CT molecular complexity index is 963. The summed E-state index contributed by atoms with van der Waals surface area (Å²) in [5, 5.41) is 13.0. The van der Waals surface area contributed by atoms with E-state index in [1.54, 1.807) is 18.2 Å². The van der Waals surface area contributed by atoms with Gasteiger partial charge in [-0.3, -0.25) is 4.90 Å². The van der Waals surface area contributed by atoms with Gasteiger partial charge in [-0.25, -0.2) is 4.79 Å². The molecule has 1 atom stereocenters. The van der Waals surface area contributed by atoms with E-state index >= 15 is 0 Å². The van der Waals surface area contributed by atoms with Crippen LogP contribution in [0.25, 0.3) is 0 Å². The Morgan fingerprint density at radius 2 is 2.00 bits per heavy atom. The number of anilines is 1. The van der Waals surface area contributed by atoms with Crippen LogP contribution in [0.1, 0.15) is 36.9 Å². The number of esters is 1. The van der Waals surface area contributed by atoms with Crippen molar-refractivity contribution in [1.82, 2.24) is 5.32 Å². The van der Waals surface area contributed by atoms with E-state index in [-0.39, 0.29) is 0 Å². The third-order valence-electron chi connectivity index (χ3n) is 4.60. The molecule has 0 spiro atoms. The zero-order valence-corrected chi connectivity index (χ0v) is 16.6. The van der Waals surface area contributed by atoms with Gasteiger partial charge < -0.3 is 10.1 Å². The van der Waals surface area contributed by atoms with Crippen LogP contribution in [-0.4, -0.2) is 18.2 Å². The van der Waals surface area contributed by atoms with E-state index in [2.05, 4.69) is 18.3 Å². The average molecular weight is 391 g/mol. The Labute approximate surface area is 170 Å². The van der Waals surface area contributed by atoms with Crippen molar-refractivity contribution in [3.05, 3.63) is 77.0 Å². The van der Waals surface area contributed by atoms with E-state index in [1.165, 1.54) is 7.11 Å². The van der Waals surface area contributed by atoms with Crippen LogP contribution in [0.2, 0.25) is 0 Å². The van der Waals surface area contributed by atoms with E-state index in [4.69, 9.17) is 17.0 Å². The molecule has 1 aliphatic rings. The summed E-state index contributed by atoms with van der Waals surface area (Å²) in [6, 6.07) is 18.6. The number of para-hydroxylation sites is 1. The zero-order valence-electron chi connectivity index (χ0n) is 15.8. The van der Waals surface area contributed by atoms with Crippen LogP contribution in [0, 0.1) is 11.3 Å². The number of hydrogen-bond donors (Lipinski definition) is 1. The summed E-state index contributed by atoms with van der Waals surface area (Å²) in [6.07, 6.45) is 1.50. The highest BCUT2D eigenvalue weighted by Gasteiger charge is 2.36. The molecule has 0 bridgehead atoms. The van der Waals surface area contributed by atoms with Crippen LogP contribution in [-0.2, 0) is 9.53 Å². The lowest BCUT2D eigenvalue weighted by Gasteiger charge is -2.38. The molecule has 0 fully saturated rings. The number of nitrogens with zero attached hydrogens (tertiary/aromatic N) is 2. The first-order valence-corrected chi connectivity index (χ1v) is 9.48. The number of nitriles is 1. The summed E-state index contributed by atoms with van der Waals surface area (Å²) in [7, 11) is 1.38. The van der Waals surface area contributed by atoms with Gasteiger partial charge in [-0.2, -0.15) is 5.26 Å². The highest BCUT2D eigenvalue weighted by molar-refractivity contribution is 7.80. The monoisotopic (exact) mass is 391 g/mol. The van der Waals surface area contributed by atoms with Crippen LogP contribution in [0.4, 0.5) is 5.69 Å². The number of ether oxygens (including phenoxy) is 1. The van der Waals surface area contributed by atoms with Crippen molar-refractivity contribution in [1.29, 1.82) is 5.26 Å². The van der Waals surface area contributed by atoms with Gasteiger partial charge in [0.05, 0.1) is 30.4 Å². The quantitative estimate of drug-likeness (QED) is 0.608. The second-order valence-corrected chi connectivity index (χ2v) is 6.78. The zero-order chi connectivity index (χ0) is 20.1. The summed E-state index contributed by atoms with van der Waals surface area (Å²) in [4.78, 5) is 14.7. The number of rotatable bonds is 5. The summed E-state index contributed by atoms with van der Waals surface area (Å²) in [5.74, 6) is -0.410. The highest BCUT2D eigenvalue weighted by atomic mass is 32.1. The molecule has 28 heavy (non-hydrogen) atoms. The van der Waals surface area contributed by atoms with Gasteiger partial charge in [0, 0.05) is 11.4 Å². The molecular weight excluding hydrogens is 370 g/mol. The molecular formula is C22H21N3O2S. The molecule has 5 nitrogen and oxygen atoms in total. The first kappa shape index (κ1) is 19.6. The predicted molar refractivity (Wildman–Crippen MR) is 113 cm³/mol. The number of hydrogen-bond acceptors (Lipinski definition) is 4. The molecule has 0 aromatic heterocycles. The third kappa shape index (κ3) is 3.75. The van der Waals surface area contributed by atoms with Gasteiger partial charge in [-0.05, 0) is 48.5 Å². The first-order valence-electron chi connectivity index (χ1n) is 9.07. The minimum Gasteiger partial charge on any atom is -0.466 e. The summed E-state index contributed by atoms with van der Waals surface area (Å²) in [5.41, 5.74) is 3.53. The van der Waals surface area contributed by atoms with Crippen molar-refractivity contribution >= 4 is 29.0 Å². The molecule has 2 aromatic carbocycles. The topological polar surface area (TPSA) is 65.4 Å². The normalized spacial score (nSPS) is 16.4. The van der Waals surface area contributed by atoms with Gasteiger partial charge in [-0.1, -0.05) is 43.7 Å². The number of benzene rings is 2. The maximum Gasteiger partial charge on any atom is 0.337 e. The number of thiocarbonyl (C=S) groups is 1. The smallest absolute Gasteiger partial charge is 0.337 e. The van der Waals surface area contributed by atoms with Crippen LogP contribution in [0.15, 0.2) is 65.9 Å². The van der Waals surface area contributed by atoms with E-state index in [0.29, 0.717) is 22.7 Å². The van der Waals surface area contributed by atoms with Gasteiger partial charge in [0.1, 0.15) is 0 Å². The first-order chi connectivity index (χ1) is 13.6. The minimum atomic E-state index is -0.477. The van der Waals surface area contributed by atoms with Crippen LogP contribution >= 0.6 is 12.2 Å². The minimum absolute atomic E-state index is 0.410. The molecule has 3 rings (SSSR count). The number of carbonyl (C=O) groups excluding carboxylic acids is 1. The fraction of sp³-hybridized carbons (Fsp3) is 0.227. The number of nitrogens with one attached hydrogen (secondary N) is 1. The van der Waals surface area contributed by atoms with Crippen molar-refractivity contribution in [3.63, 3.8) is 0 Å². The Morgan fingerprint density at radius 1 is 1.25 bits per heavy atom. The van der Waals surface area contributed by atoms with Crippen molar-refractivity contribution in [2.45, 2.75) is 25.8 Å². The molecule has 1 aliphatic heterocycles. The lowest BCUT2D eigenvalue weighted by Crippen LogP contribution is -2.48. The molecule has 0 saturated heterocycles. The summed E-state index contributed by atoms with van der Waals surface area (Å²) in [6.45, 7) is 2.06. The van der Waals surface area contributed by atoms with E-state index < -0.39 is 12.0 Å². The molecule has 2 aromatic rings. The molecule has 0 aliphatic carbocycles. The number of carbonyl (C=O) groups is 1. The molecule has 142 valence electrons. The molecule has 1 N–H and O–H groups in total. The van der Waals surface area contributed by atoms with E-state index in [0.717, 1.165) is 23.4 Å². The predicted octanol–water partition coefficient (Wildman–Crippen LogP) is 4.22. The highest BCUT2D eigenvalue weighted by Crippen LogP contribution is 2.36. The van der Waals surface area contributed by atoms with Crippen LogP contribution in [0.3, 0.4) is 0 Å². The van der Waals surface area contributed by atoms with Crippen LogP contribution in [0.5, 0.6) is 0 Å². The Kier molecular flexibility index (Phi) is 6.07. The molecule has 0 amide bonds. The third-order valence-corrected chi connectivity index (χ3v) is 4.90. The fourth-order valence-electron chi connectivity index (χ4n) is 3.39. The molecule has 0 radical (unpaired) electrons. The van der Waals surface area contributed by atoms with Gasteiger partial charge in [0.2, 0.25) is 0 Å². The van der Waals surface area contributed by atoms with Crippen molar-refractivity contribution in [3.8, 4) is 6.07 Å². The SMILES string of the molecule is CCCC1=C(C(=O)OC)C(c2cccc(C#N)c2)NC(=S)N1c1ccccc1. The standard InChI is InChI=1S/C22H21N3O2S/c1-3-8-18-19(21(26)27-2)20(16-10-7-9-15(13-16)14-23)24-22(28)25(18)17-11-5-4-6-12-17/h4-7,9-13,20H,3,8H2,1-2H3,(H,24,28). The van der Waals surface area contributed by atoms with Crippen molar-refractivity contribution in [2.24, 2.45) is 0 Å². The van der Waals surface area contributed by atoms with E-state index in [1.807, 2.05) is 41.3 Å². The van der Waals surface area contributed by atoms with Gasteiger partial charge in [0.25, 0.3) is 0 Å². The molecule has 1 unspecified atom stereocenters. The second kappa shape index (κ2) is 8.68. The maximum absolute atomic E-state index is 12.8. The van der Waals surface area contributed by atoms with E-state index in [9.17, 15) is 10.1 Å². The Morgan fingerprint density at radius 3 is 2.64 bits per heavy atom. The lowest BCUT2D eigenvalue weighted by atomic mass is 9.92. The number of methoxy groups -OCH3 is 1. The molecule has 1 heterocycles. The van der Waals surface area contributed by atoms with Crippen molar-refractivity contribution in [2.75, 3.05) is 12.0 Å². The average Bonchev–Trinajstić information content (AvgIpc) is 2.74. The Hall–Kier alpha value is -3.17. The second-order valence-electron chi connectivity index (χ2n) is 6.39. The van der Waals surface area contributed by atoms with Gasteiger partial charge >= 0.3 is 5.97 Å². The van der Waals surface area contributed by atoms with Gasteiger partial charge in [0.15, 0.2) is 5.11 Å². The summed E-state index contributed by atoms with van der Waals surface area (Å²) >= 11 is 5.68. The molecule has 6 heteroatoms.